The minimum Gasteiger partial charge on any atom is -0.458 e. The maximum Gasteiger partial charge on any atom is 0.306 e. The Kier molecular flexibility index (Phi) is 3.31. The summed E-state index contributed by atoms with van der Waals surface area (Å²) in [6, 6.07) is 0. The van der Waals surface area contributed by atoms with Gasteiger partial charge in [-0.3, -0.25) is 4.79 Å². The van der Waals surface area contributed by atoms with E-state index in [0.29, 0.717) is 19.6 Å². The summed E-state index contributed by atoms with van der Waals surface area (Å²) in [6.07, 6.45) is 0.455. The predicted octanol–water partition coefficient (Wildman–Crippen LogP) is 1.77. The first kappa shape index (κ1) is 10.5. The first-order valence-corrected chi connectivity index (χ1v) is 4.62. The van der Waals surface area contributed by atoms with Crippen molar-refractivity contribution in [2.75, 3.05) is 13.2 Å². The lowest BCUT2D eigenvalue weighted by Crippen LogP contribution is -2.41. The zero-order chi connectivity index (χ0) is 9.90. The van der Waals surface area contributed by atoms with E-state index in [2.05, 4.69) is 0 Å². The van der Waals surface area contributed by atoms with Gasteiger partial charge in [0.25, 0.3) is 0 Å². The van der Waals surface area contributed by atoms with Gasteiger partial charge in [0, 0.05) is 5.41 Å². The fourth-order valence-corrected chi connectivity index (χ4v) is 1.15. The normalized spacial score (nSPS) is 19.7. The lowest BCUT2D eigenvalue weighted by atomic mass is 9.85. The molecule has 0 N–H and O–H groups in total. The van der Waals surface area contributed by atoms with Gasteiger partial charge in [-0.1, -0.05) is 20.8 Å². The van der Waals surface area contributed by atoms with Crippen LogP contribution in [0.4, 0.5) is 0 Å². The molecule has 1 radical (unpaired) electrons. The Balaban J connectivity index is 2.17. The van der Waals surface area contributed by atoms with Gasteiger partial charge in [0.2, 0.25) is 0 Å². The Morgan fingerprint density at radius 3 is 2.62 bits per heavy atom. The van der Waals surface area contributed by atoms with E-state index in [0.717, 1.165) is 0 Å². The maximum absolute atomic E-state index is 11.2. The minimum absolute atomic E-state index is 0.0158. The van der Waals surface area contributed by atoms with E-state index in [-0.39, 0.29) is 17.3 Å². The molecule has 13 heavy (non-hydrogen) atoms. The molecular formula is C10H17O3. The monoisotopic (exact) mass is 185 g/mol. The lowest BCUT2D eigenvalue weighted by Gasteiger charge is -2.37. The fraction of sp³-hybridized carbons (Fsp3) is 0.800. The molecule has 3 heteroatoms. The zero-order valence-corrected chi connectivity index (χ0v) is 8.50. The predicted molar refractivity (Wildman–Crippen MR) is 48.8 cm³/mol. The molecule has 0 aromatic carbocycles. The second kappa shape index (κ2) is 4.09. The van der Waals surface area contributed by atoms with E-state index in [9.17, 15) is 4.79 Å². The molecule has 0 amide bonds. The van der Waals surface area contributed by atoms with E-state index >= 15 is 0 Å². The third-order valence-electron chi connectivity index (χ3n) is 1.94. The van der Waals surface area contributed by atoms with Gasteiger partial charge in [-0.05, 0) is 5.92 Å². The summed E-state index contributed by atoms with van der Waals surface area (Å²) in [5, 5.41) is 0. The molecule has 0 bridgehead atoms. The van der Waals surface area contributed by atoms with E-state index < -0.39 is 0 Å². The van der Waals surface area contributed by atoms with Crippen LogP contribution in [0.15, 0.2) is 0 Å². The van der Waals surface area contributed by atoms with Gasteiger partial charge in [0.15, 0.2) is 0 Å². The molecular weight excluding hydrogens is 168 g/mol. The summed E-state index contributed by atoms with van der Waals surface area (Å²) < 4.78 is 10.0. The van der Waals surface area contributed by atoms with E-state index in [1.54, 1.807) is 6.61 Å². The number of carbonyl (C=O) groups is 1. The average molecular weight is 185 g/mol. The van der Waals surface area contributed by atoms with Crippen LogP contribution in [0.5, 0.6) is 0 Å². The third kappa shape index (κ3) is 3.35. The van der Waals surface area contributed by atoms with Crippen molar-refractivity contribution in [3.8, 4) is 0 Å². The number of carbonyl (C=O) groups excluding carboxylic acids is 1. The molecule has 0 unspecified atom stereocenters. The largest absolute Gasteiger partial charge is 0.458 e. The molecule has 3 nitrogen and oxygen atoms in total. The van der Waals surface area contributed by atoms with Crippen LogP contribution in [0, 0.1) is 17.9 Å². The Bertz CT molecular complexity index is 183. The summed E-state index contributed by atoms with van der Waals surface area (Å²) in [7, 11) is 0. The molecule has 1 saturated heterocycles. The smallest absolute Gasteiger partial charge is 0.306 e. The molecule has 0 aromatic heterocycles. The SMILES string of the molecule is CC(C)[CH]OC(=O)CC1(C)COC1. The van der Waals surface area contributed by atoms with Crippen LogP contribution in [0.1, 0.15) is 27.2 Å². The second-order valence-electron chi connectivity index (χ2n) is 4.35. The van der Waals surface area contributed by atoms with E-state index in [1.165, 1.54) is 0 Å². The quantitative estimate of drug-likeness (QED) is 0.626. The van der Waals surface area contributed by atoms with Gasteiger partial charge in [0.05, 0.1) is 19.6 Å². The van der Waals surface area contributed by atoms with Crippen LogP contribution in [-0.2, 0) is 14.3 Å². The van der Waals surface area contributed by atoms with Crippen LogP contribution in [0.3, 0.4) is 0 Å². The molecule has 0 atom stereocenters. The zero-order valence-electron chi connectivity index (χ0n) is 8.50. The fourth-order valence-electron chi connectivity index (χ4n) is 1.15. The molecule has 1 aliphatic heterocycles. The van der Waals surface area contributed by atoms with Crippen molar-refractivity contribution in [3.05, 3.63) is 6.61 Å². The van der Waals surface area contributed by atoms with Crippen LogP contribution in [0.25, 0.3) is 0 Å². The van der Waals surface area contributed by atoms with Crippen LogP contribution in [-0.4, -0.2) is 19.2 Å². The highest BCUT2D eigenvalue weighted by Crippen LogP contribution is 2.30. The van der Waals surface area contributed by atoms with Gasteiger partial charge >= 0.3 is 5.97 Å². The molecule has 75 valence electrons. The standard InChI is InChI=1S/C10H17O3/c1-8(2)5-13-9(11)4-10(3)6-12-7-10/h5,8H,4,6-7H2,1-3H3. The Morgan fingerprint density at radius 1 is 1.62 bits per heavy atom. The van der Waals surface area contributed by atoms with Crippen molar-refractivity contribution in [1.82, 2.24) is 0 Å². The molecule has 1 fully saturated rings. The highest BCUT2D eigenvalue weighted by Gasteiger charge is 2.36. The summed E-state index contributed by atoms with van der Waals surface area (Å²) in [5.74, 6) is 0.133. The first-order valence-electron chi connectivity index (χ1n) is 4.62. The molecule has 0 aromatic rings. The molecule has 0 spiro atoms. The molecule has 0 aliphatic carbocycles. The molecule has 1 aliphatic rings. The van der Waals surface area contributed by atoms with Crippen molar-refractivity contribution in [2.24, 2.45) is 11.3 Å². The lowest BCUT2D eigenvalue weighted by molar-refractivity contribution is -0.156. The Morgan fingerprint density at radius 2 is 2.23 bits per heavy atom. The van der Waals surface area contributed by atoms with Crippen molar-refractivity contribution in [3.63, 3.8) is 0 Å². The van der Waals surface area contributed by atoms with E-state index in [1.807, 2.05) is 20.8 Å². The summed E-state index contributed by atoms with van der Waals surface area (Å²) in [5.41, 5.74) is 0.0158. The van der Waals surface area contributed by atoms with Gasteiger partial charge in [-0.15, -0.1) is 0 Å². The Hall–Kier alpha value is -0.570. The molecule has 1 heterocycles. The third-order valence-corrected chi connectivity index (χ3v) is 1.94. The van der Waals surface area contributed by atoms with Gasteiger partial charge in [-0.25, -0.2) is 0 Å². The number of esters is 1. The van der Waals surface area contributed by atoms with Gasteiger partial charge in [-0.2, -0.15) is 0 Å². The number of ether oxygens (including phenoxy) is 2. The minimum atomic E-state index is -0.153. The highest BCUT2D eigenvalue weighted by molar-refractivity contribution is 5.70. The van der Waals surface area contributed by atoms with Crippen molar-refractivity contribution in [1.29, 1.82) is 0 Å². The Labute approximate surface area is 79.4 Å². The van der Waals surface area contributed by atoms with Gasteiger partial charge < -0.3 is 9.47 Å². The molecule has 1 rings (SSSR count). The maximum atomic E-state index is 11.2. The highest BCUT2D eigenvalue weighted by atomic mass is 16.5. The first-order chi connectivity index (χ1) is 6.02. The summed E-state index contributed by atoms with van der Waals surface area (Å²) in [4.78, 5) is 11.2. The van der Waals surface area contributed by atoms with Crippen molar-refractivity contribution >= 4 is 5.97 Å². The number of hydrogen-bond donors (Lipinski definition) is 0. The topological polar surface area (TPSA) is 35.5 Å². The number of rotatable bonds is 4. The average Bonchev–Trinajstić information content (AvgIpc) is 1.98. The van der Waals surface area contributed by atoms with Crippen LogP contribution < -0.4 is 0 Å². The van der Waals surface area contributed by atoms with Crippen LogP contribution >= 0.6 is 0 Å². The van der Waals surface area contributed by atoms with Gasteiger partial charge in [0.1, 0.15) is 6.61 Å². The van der Waals surface area contributed by atoms with Crippen molar-refractivity contribution in [2.45, 2.75) is 27.2 Å². The van der Waals surface area contributed by atoms with E-state index in [4.69, 9.17) is 9.47 Å². The summed E-state index contributed by atoms with van der Waals surface area (Å²) in [6.45, 7) is 8.90. The molecule has 0 saturated carbocycles. The summed E-state index contributed by atoms with van der Waals surface area (Å²) >= 11 is 0. The number of hydrogen-bond acceptors (Lipinski definition) is 3. The van der Waals surface area contributed by atoms with Crippen molar-refractivity contribution < 1.29 is 14.3 Å². The van der Waals surface area contributed by atoms with Crippen LogP contribution in [0.2, 0.25) is 0 Å². The second-order valence-corrected chi connectivity index (χ2v) is 4.35.